The highest BCUT2D eigenvalue weighted by molar-refractivity contribution is 5.76. The number of carbonyl (C=O) groups is 1. The van der Waals surface area contributed by atoms with E-state index >= 15 is 0 Å². The van der Waals surface area contributed by atoms with Crippen molar-refractivity contribution in [2.75, 3.05) is 11.5 Å². The first-order chi connectivity index (χ1) is 9.06. The van der Waals surface area contributed by atoms with Gasteiger partial charge in [0.25, 0.3) is 0 Å². The molecule has 2 rings (SSSR count). The Morgan fingerprint density at radius 3 is 2.32 bits per heavy atom. The van der Waals surface area contributed by atoms with Gasteiger partial charge in [0.1, 0.15) is 0 Å². The molecule has 0 fully saturated rings. The van der Waals surface area contributed by atoms with Crippen molar-refractivity contribution in [3.63, 3.8) is 0 Å². The first-order valence-electron chi connectivity index (χ1n) is 5.99. The molecule has 0 amide bonds. The van der Waals surface area contributed by atoms with E-state index in [4.69, 9.17) is 11.5 Å². The van der Waals surface area contributed by atoms with Gasteiger partial charge in [0.05, 0.1) is 5.92 Å². The summed E-state index contributed by atoms with van der Waals surface area (Å²) in [5.41, 5.74) is 14.2. The number of hydrogen-bond acceptors (Lipinski definition) is 3. The Morgan fingerprint density at radius 1 is 1.05 bits per heavy atom. The Labute approximate surface area is 111 Å². The van der Waals surface area contributed by atoms with Crippen LogP contribution in [-0.2, 0) is 11.2 Å². The van der Waals surface area contributed by atoms with Gasteiger partial charge in [-0.25, -0.2) is 0 Å². The summed E-state index contributed by atoms with van der Waals surface area (Å²) in [6.45, 7) is 0. The Balaban J connectivity index is 2.26. The largest absolute Gasteiger partial charge is 0.481 e. The van der Waals surface area contributed by atoms with Crippen molar-refractivity contribution >= 4 is 17.3 Å². The van der Waals surface area contributed by atoms with Crippen LogP contribution in [0.3, 0.4) is 0 Å². The third-order valence-electron chi connectivity index (χ3n) is 3.03. The molecule has 0 spiro atoms. The van der Waals surface area contributed by atoms with Crippen LogP contribution in [0.2, 0.25) is 0 Å². The molecule has 4 nitrogen and oxygen atoms in total. The van der Waals surface area contributed by atoms with Crippen molar-refractivity contribution < 1.29 is 9.90 Å². The zero-order valence-corrected chi connectivity index (χ0v) is 10.4. The molecule has 0 radical (unpaired) electrons. The zero-order valence-electron chi connectivity index (χ0n) is 10.4. The van der Waals surface area contributed by atoms with E-state index in [0.29, 0.717) is 17.8 Å². The maximum Gasteiger partial charge on any atom is 0.311 e. The van der Waals surface area contributed by atoms with Gasteiger partial charge in [-0.1, -0.05) is 24.3 Å². The Hall–Kier alpha value is -2.49. The average Bonchev–Trinajstić information content (AvgIpc) is 2.37. The molecule has 5 N–H and O–H groups in total. The average molecular weight is 256 g/mol. The molecule has 19 heavy (non-hydrogen) atoms. The van der Waals surface area contributed by atoms with Gasteiger partial charge in [-0.2, -0.15) is 0 Å². The fourth-order valence-corrected chi connectivity index (χ4v) is 2.03. The smallest absolute Gasteiger partial charge is 0.311 e. The number of anilines is 2. The molecule has 98 valence electrons. The van der Waals surface area contributed by atoms with Crippen molar-refractivity contribution in [2.24, 2.45) is 0 Å². The minimum absolute atomic E-state index is 0.407. The molecule has 0 aliphatic carbocycles. The van der Waals surface area contributed by atoms with E-state index in [9.17, 15) is 9.90 Å². The van der Waals surface area contributed by atoms with Gasteiger partial charge in [0, 0.05) is 11.4 Å². The van der Waals surface area contributed by atoms with Gasteiger partial charge in [0.15, 0.2) is 0 Å². The Bertz CT molecular complexity index is 579. The first kappa shape index (κ1) is 13.0. The molecule has 0 aromatic heterocycles. The van der Waals surface area contributed by atoms with E-state index in [-0.39, 0.29) is 0 Å². The van der Waals surface area contributed by atoms with Gasteiger partial charge < -0.3 is 16.6 Å². The van der Waals surface area contributed by atoms with E-state index in [2.05, 4.69) is 0 Å². The van der Waals surface area contributed by atoms with Gasteiger partial charge >= 0.3 is 5.97 Å². The predicted molar refractivity (Wildman–Crippen MR) is 75.8 cm³/mol. The molecular formula is C15H16N2O2. The van der Waals surface area contributed by atoms with Crippen molar-refractivity contribution in [3.8, 4) is 0 Å². The summed E-state index contributed by atoms with van der Waals surface area (Å²) >= 11 is 0. The standard InChI is InChI=1S/C15H16N2O2/c16-12-6-4-11(5-7-12)14(15(18)19)9-10-2-1-3-13(17)8-10/h1-8,14H,9,16-17H2,(H,18,19). The van der Waals surface area contributed by atoms with Gasteiger partial charge in [-0.05, 0) is 41.8 Å². The second-order valence-corrected chi connectivity index (χ2v) is 4.51. The maximum absolute atomic E-state index is 11.4. The lowest BCUT2D eigenvalue weighted by molar-refractivity contribution is -0.138. The number of carboxylic acid groups (broad SMARTS) is 1. The molecule has 1 unspecified atom stereocenters. The Morgan fingerprint density at radius 2 is 1.74 bits per heavy atom. The summed E-state index contributed by atoms with van der Waals surface area (Å²) in [4.78, 5) is 11.4. The van der Waals surface area contributed by atoms with Crippen LogP contribution in [0.1, 0.15) is 17.0 Å². The maximum atomic E-state index is 11.4. The van der Waals surface area contributed by atoms with Crippen molar-refractivity contribution in [1.29, 1.82) is 0 Å². The van der Waals surface area contributed by atoms with Crippen LogP contribution >= 0.6 is 0 Å². The van der Waals surface area contributed by atoms with Gasteiger partial charge in [-0.15, -0.1) is 0 Å². The lowest BCUT2D eigenvalue weighted by Crippen LogP contribution is -2.14. The lowest BCUT2D eigenvalue weighted by atomic mass is 9.92. The summed E-state index contributed by atoms with van der Waals surface area (Å²) in [7, 11) is 0. The number of carboxylic acids is 1. The van der Waals surface area contributed by atoms with Crippen LogP contribution < -0.4 is 11.5 Å². The molecule has 0 aliphatic rings. The van der Waals surface area contributed by atoms with Crippen molar-refractivity contribution in [3.05, 3.63) is 59.7 Å². The molecule has 2 aromatic carbocycles. The highest BCUT2D eigenvalue weighted by atomic mass is 16.4. The summed E-state index contributed by atoms with van der Waals surface area (Å²) in [6.07, 6.45) is 0.407. The predicted octanol–water partition coefficient (Wildman–Crippen LogP) is 2.26. The van der Waals surface area contributed by atoms with E-state index in [0.717, 1.165) is 11.1 Å². The number of aliphatic carboxylic acids is 1. The summed E-state index contributed by atoms with van der Waals surface area (Å²) in [5.74, 6) is -1.45. The topological polar surface area (TPSA) is 89.3 Å². The molecule has 1 atom stereocenters. The first-order valence-corrected chi connectivity index (χ1v) is 5.99. The Kier molecular flexibility index (Phi) is 3.71. The van der Waals surface area contributed by atoms with Crippen molar-refractivity contribution in [2.45, 2.75) is 12.3 Å². The van der Waals surface area contributed by atoms with Crippen LogP contribution in [0.4, 0.5) is 11.4 Å². The SMILES string of the molecule is Nc1ccc(C(Cc2cccc(N)c2)C(=O)O)cc1. The van der Waals surface area contributed by atoms with Crippen LogP contribution in [0.5, 0.6) is 0 Å². The third-order valence-corrected chi connectivity index (χ3v) is 3.03. The molecule has 0 saturated heterocycles. The summed E-state index contributed by atoms with van der Waals surface area (Å²) in [6, 6.07) is 14.2. The second kappa shape index (κ2) is 5.44. The van der Waals surface area contributed by atoms with E-state index in [1.807, 2.05) is 12.1 Å². The molecular weight excluding hydrogens is 240 g/mol. The third kappa shape index (κ3) is 3.25. The van der Waals surface area contributed by atoms with Crippen molar-refractivity contribution in [1.82, 2.24) is 0 Å². The van der Waals surface area contributed by atoms with Crippen LogP contribution in [0.25, 0.3) is 0 Å². The molecule has 2 aromatic rings. The number of nitrogen functional groups attached to an aromatic ring is 2. The van der Waals surface area contributed by atoms with Gasteiger partial charge in [0.2, 0.25) is 0 Å². The van der Waals surface area contributed by atoms with Gasteiger partial charge in [-0.3, -0.25) is 4.79 Å². The fraction of sp³-hybridized carbons (Fsp3) is 0.133. The molecule has 0 aliphatic heterocycles. The lowest BCUT2D eigenvalue weighted by Gasteiger charge is -2.13. The number of benzene rings is 2. The quantitative estimate of drug-likeness (QED) is 0.732. The van der Waals surface area contributed by atoms with E-state index < -0.39 is 11.9 Å². The molecule has 0 bridgehead atoms. The summed E-state index contributed by atoms with van der Waals surface area (Å²) in [5, 5.41) is 9.36. The minimum Gasteiger partial charge on any atom is -0.481 e. The summed E-state index contributed by atoms with van der Waals surface area (Å²) < 4.78 is 0. The number of rotatable bonds is 4. The van der Waals surface area contributed by atoms with Crippen LogP contribution in [0, 0.1) is 0 Å². The zero-order chi connectivity index (χ0) is 13.8. The highest BCUT2D eigenvalue weighted by Crippen LogP contribution is 2.23. The number of hydrogen-bond donors (Lipinski definition) is 3. The molecule has 4 heteroatoms. The molecule has 0 heterocycles. The fourth-order valence-electron chi connectivity index (χ4n) is 2.03. The van der Waals surface area contributed by atoms with E-state index in [1.165, 1.54) is 0 Å². The normalized spacial score (nSPS) is 12.0. The highest BCUT2D eigenvalue weighted by Gasteiger charge is 2.20. The minimum atomic E-state index is -0.854. The number of nitrogens with two attached hydrogens (primary N) is 2. The van der Waals surface area contributed by atoms with Crippen LogP contribution in [-0.4, -0.2) is 11.1 Å². The van der Waals surface area contributed by atoms with E-state index in [1.54, 1.807) is 36.4 Å². The molecule has 0 saturated carbocycles. The monoisotopic (exact) mass is 256 g/mol. The van der Waals surface area contributed by atoms with Crippen LogP contribution in [0.15, 0.2) is 48.5 Å². The second-order valence-electron chi connectivity index (χ2n) is 4.51.